The van der Waals surface area contributed by atoms with E-state index in [4.69, 9.17) is 0 Å². The third kappa shape index (κ3) is 13.7. The number of anilines is 1. The topological polar surface area (TPSA) is 16.1 Å². The highest BCUT2D eigenvalue weighted by Gasteiger charge is 2.07. The summed E-state index contributed by atoms with van der Waals surface area (Å²) in [5.41, 5.74) is 0. The van der Waals surface area contributed by atoms with Crippen molar-refractivity contribution >= 4 is 5.82 Å². The Bertz CT molecular complexity index is 384. The first-order valence-electron chi connectivity index (χ1n) is 12.0. The van der Waals surface area contributed by atoms with Crippen LogP contribution in [-0.2, 0) is 0 Å². The lowest BCUT2D eigenvalue weighted by molar-refractivity contribution is 0.554. The van der Waals surface area contributed by atoms with Crippen molar-refractivity contribution in [1.82, 2.24) is 4.98 Å². The average molecular weight is 375 g/mol. The first-order valence-corrected chi connectivity index (χ1v) is 12.0. The molecule has 1 heterocycles. The van der Waals surface area contributed by atoms with E-state index in [-0.39, 0.29) is 0 Å². The standard InChI is InChI=1S/C25H46N2/c1-3-5-7-9-11-13-15-19-23-27(25-21-17-18-22-26-25)24-20-16-14-12-10-8-6-4-2/h17-18,21-22H,3-16,19-20,23-24H2,1-2H3. The lowest BCUT2D eigenvalue weighted by Crippen LogP contribution is -2.26. The molecule has 0 amide bonds. The largest absolute Gasteiger partial charge is 0.357 e. The van der Waals surface area contributed by atoms with E-state index in [9.17, 15) is 0 Å². The second-order valence-electron chi connectivity index (χ2n) is 8.12. The van der Waals surface area contributed by atoms with E-state index >= 15 is 0 Å². The fourth-order valence-corrected chi connectivity index (χ4v) is 3.75. The van der Waals surface area contributed by atoms with E-state index in [1.807, 2.05) is 12.3 Å². The van der Waals surface area contributed by atoms with Gasteiger partial charge in [-0.3, -0.25) is 0 Å². The van der Waals surface area contributed by atoms with Crippen LogP contribution in [0.5, 0.6) is 0 Å². The van der Waals surface area contributed by atoms with Gasteiger partial charge >= 0.3 is 0 Å². The molecule has 0 saturated heterocycles. The third-order valence-electron chi connectivity index (χ3n) is 5.54. The van der Waals surface area contributed by atoms with Gasteiger partial charge in [-0.2, -0.15) is 0 Å². The highest BCUT2D eigenvalue weighted by molar-refractivity contribution is 5.37. The Labute approximate surface area is 170 Å². The first kappa shape index (κ1) is 24.0. The van der Waals surface area contributed by atoms with Gasteiger partial charge in [0, 0.05) is 19.3 Å². The molecule has 156 valence electrons. The van der Waals surface area contributed by atoms with Gasteiger partial charge in [-0.05, 0) is 25.0 Å². The summed E-state index contributed by atoms with van der Waals surface area (Å²) in [4.78, 5) is 7.12. The number of hydrogen-bond acceptors (Lipinski definition) is 2. The van der Waals surface area contributed by atoms with Gasteiger partial charge in [-0.25, -0.2) is 4.98 Å². The zero-order valence-electron chi connectivity index (χ0n) is 18.4. The Hall–Kier alpha value is -1.05. The highest BCUT2D eigenvalue weighted by atomic mass is 15.2. The summed E-state index contributed by atoms with van der Waals surface area (Å²) in [6, 6.07) is 6.32. The summed E-state index contributed by atoms with van der Waals surface area (Å²) in [5.74, 6) is 1.17. The molecule has 0 N–H and O–H groups in total. The van der Waals surface area contributed by atoms with Crippen LogP contribution in [-0.4, -0.2) is 18.1 Å². The van der Waals surface area contributed by atoms with Crippen LogP contribution in [0.25, 0.3) is 0 Å². The van der Waals surface area contributed by atoms with Crippen LogP contribution in [0, 0.1) is 0 Å². The highest BCUT2D eigenvalue weighted by Crippen LogP contribution is 2.15. The Kier molecular flexibility index (Phi) is 16.3. The second kappa shape index (κ2) is 18.3. The van der Waals surface area contributed by atoms with E-state index in [1.165, 1.54) is 122 Å². The molecule has 0 fully saturated rings. The van der Waals surface area contributed by atoms with Gasteiger partial charge in [0.05, 0.1) is 0 Å². The molecule has 2 nitrogen and oxygen atoms in total. The predicted octanol–water partition coefficient (Wildman–Crippen LogP) is 8.17. The zero-order chi connectivity index (χ0) is 19.4. The van der Waals surface area contributed by atoms with Crippen LogP contribution in [0.1, 0.15) is 117 Å². The molecule has 1 rings (SSSR count). The van der Waals surface area contributed by atoms with Gasteiger partial charge in [0.25, 0.3) is 0 Å². The molecule has 0 aliphatic carbocycles. The quantitative estimate of drug-likeness (QED) is 0.227. The van der Waals surface area contributed by atoms with Crippen molar-refractivity contribution in [2.75, 3.05) is 18.0 Å². The SMILES string of the molecule is CCCCCCCCCCN(CCCCCCCCCC)c1ccccn1. The Morgan fingerprint density at radius 1 is 0.593 bits per heavy atom. The molecule has 0 radical (unpaired) electrons. The fourth-order valence-electron chi connectivity index (χ4n) is 3.75. The van der Waals surface area contributed by atoms with E-state index < -0.39 is 0 Å². The maximum Gasteiger partial charge on any atom is 0.128 e. The Morgan fingerprint density at radius 3 is 1.44 bits per heavy atom. The van der Waals surface area contributed by atoms with Crippen molar-refractivity contribution < 1.29 is 0 Å². The Morgan fingerprint density at radius 2 is 1.04 bits per heavy atom. The number of unbranched alkanes of at least 4 members (excludes halogenated alkanes) is 14. The van der Waals surface area contributed by atoms with Crippen molar-refractivity contribution in [3.8, 4) is 0 Å². The van der Waals surface area contributed by atoms with Gasteiger partial charge in [-0.1, -0.05) is 110 Å². The molecule has 0 aliphatic heterocycles. The summed E-state index contributed by atoms with van der Waals surface area (Å²) >= 11 is 0. The van der Waals surface area contributed by atoms with Gasteiger partial charge in [-0.15, -0.1) is 0 Å². The number of aromatic nitrogens is 1. The average Bonchev–Trinajstić information content (AvgIpc) is 2.71. The molecule has 0 aliphatic rings. The number of nitrogens with zero attached hydrogens (tertiary/aromatic N) is 2. The predicted molar refractivity (Wildman–Crippen MR) is 122 cm³/mol. The summed E-state index contributed by atoms with van der Waals surface area (Å²) < 4.78 is 0. The minimum Gasteiger partial charge on any atom is -0.357 e. The zero-order valence-corrected chi connectivity index (χ0v) is 18.4. The van der Waals surface area contributed by atoms with Crippen LogP contribution >= 0.6 is 0 Å². The molecule has 2 heteroatoms. The van der Waals surface area contributed by atoms with Crippen LogP contribution in [0.15, 0.2) is 24.4 Å². The van der Waals surface area contributed by atoms with Crippen LogP contribution in [0.2, 0.25) is 0 Å². The van der Waals surface area contributed by atoms with Crippen molar-refractivity contribution in [1.29, 1.82) is 0 Å². The van der Waals surface area contributed by atoms with Crippen molar-refractivity contribution in [2.24, 2.45) is 0 Å². The Balaban J connectivity index is 2.17. The van der Waals surface area contributed by atoms with Crippen LogP contribution < -0.4 is 4.90 Å². The monoisotopic (exact) mass is 374 g/mol. The molecule has 0 bridgehead atoms. The molecular weight excluding hydrogens is 328 g/mol. The van der Waals surface area contributed by atoms with E-state index in [0.717, 1.165) is 0 Å². The fraction of sp³-hybridized carbons (Fsp3) is 0.800. The van der Waals surface area contributed by atoms with Gasteiger partial charge < -0.3 is 4.90 Å². The molecule has 0 aromatic carbocycles. The summed E-state index contributed by atoms with van der Waals surface area (Å²) in [6.07, 6.45) is 24.1. The summed E-state index contributed by atoms with van der Waals surface area (Å²) in [6.45, 7) is 6.92. The maximum absolute atomic E-state index is 4.60. The van der Waals surface area contributed by atoms with Gasteiger partial charge in [0.2, 0.25) is 0 Å². The van der Waals surface area contributed by atoms with Gasteiger partial charge in [0.1, 0.15) is 5.82 Å². The van der Waals surface area contributed by atoms with E-state index in [0.29, 0.717) is 0 Å². The van der Waals surface area contributed by atoms with Gasteiger partial charge in [0.15, 0.2) is 0 Å². The third-order valence-corrected chi connectivity index (χ3v) is 5.54. The normalized spacial score (nSPS) is 11.0. The molecule has 27 heavy (non-hydrogen) atoms. The lowest BCUT2D eigenvalue weighted by Gasteiger charge is -2.23. The number of pyridine rings is 1. The van der Waals surface area contributed by atoms with Crippen molar-refractivity contribution in [2.45, 2.75) is 117 Å². The van der Waals surface area contributed by atoms with Crippen molar-refractivity contribution in [3.63, 3.8) is 0 Å². The minimum atomic E-state index is 1.17. The second-order valence-corrected chi connectivity index (χ2v) is 8.12. The smallest absolute Gasteiger partial charge is 0.128 e. The van der Waals surface area contributed by atoms with Crippen molar-refractivity contribution in [3.05, 3.63) is 24.4 Å². The summed E-state index contributed by atoms with van der Waals surface area (Å²) in [5, 5.41) is 0. The molecule has 0 spiro atoms. The minimum absolute atomic E-state index is 1.17. The van der Waals surface area contributed by atoms with E-state index in [1.54, 1.807) is 0 Å². The molecule has 0 atom stereocenters. The number of rotatable bonds is 19. The molecule has 0 saturated carbocycles. The summed E-state index contributed by atoms with van der Waals surface area (Å²) in [7, 11) is 0. The number of hydrogen-bond donors (Lipinski definition) is 0. The van der Waals surface area contributed by atoms with Crippen LogP contribution in [0.4, 0.5) is 5.82 Å². The molecular formula is C25H46N2. The van der Waals surface area contributed by atoms with E-state index in [2.05, 4.69) is 35.9 Å². The maximum atomic E-state index is 4.60. The molecule has 1 aromatic rings. The lowest BCUT2D eigenvalue weighted by atomic mass is 10.1. The first-order chi connectivity index (χ1) is 13.4. The molecule has 0 unspecified atom stereocenters. The molecule has 1 aromatic heterocycles. The van der Waals surface area contributed by atoms with Crippen LogP contribution in [0.3, 0.4) is 0 Å².